The Balaban J connectivity index is -0.00000612. The maximum absolute atomic E-state index is 5.93. The number of nitrogens with zero attached hydrogens (tertiary/aromatic N) is 4. The Morgan fingerprint density at radius 3 is 1.18 bits per heavy atom. The highest BCUT2D eigenvalue weighted by molar-refractivity contribution is 5.97. The van der Waals surface area contributed by atoms with Crippen molar-refractivity contribution >= 4 is 23.8 Å². The maximum Gasteiger partial charge on any atom is 0.195 e. The molecule has 2 unspecified atom stereocenters. The molecule has 226 valence electrons. The smallest absolute Gasteiger partial charge is 0.195 e. The van der Waals surface area contributed by atoms with Crippen LogP contribution in [0.1, 0.15) is 105 Å². The summed E-state index contributed by atoms with van der Waals surface area (Å²) in [6.45, 7) is 11.5. The van der Waals surface area contributed by atoms with Crippen LogP contribution in [0.25, 0.3) is 0 Å². The third kappa shape index (κ3) is 24.4. The van der Waals surface area contributed by atoms with Gasteiger partial charge in [0, 0.05) is 26.2 Å². The summed E-state index contributed by atoms with van der Waals surface area (Å²) in [6.07, 6.45) is 13.4. The SMILES string of the molecule is CCCCC(CC)CN=C(N)NC(N)=NCCCCCCN=C(N)NC(N)=NCC(CC)CCCC.[Cl-].[Cl-]. The van der Waals surface area contributed by atoms with Gasteiger partial charge in [-0.3, -0.25) is 30.6 Å². The van der Waals surface area contributed by atoms with Crippen LogP contribution in [-0.4, -0.2) is 50.0 Å². The van der Waals surface area contributed by atoms with E-state index >= 15 is 0 Å². The lowest BCUT2D eigenvalue weighted by atomic mass is 10.00. The number of halogens is 2. The Bertz CT molecular complexity index is 612. The Morgan fingerprint density at radius 1 is 0.526 bits per heavy atom. The molecule has 0 fully saturated rings. The molecule has 10 N–H and O–H groups in total. The number of unbranched alkanes of at least 4 members (excludes halogenated alkanes) is 5. The van der Waals surface area contributed by atoms with E-state index in [1.54, 1.807) is 0 Å². The standard InChI is InChI=1S/C26H56N10.2ClH/c1-5-9-15-21(7-3)19-33-25(29)35-23(27)31-17-13-11-12-14-18-32-24(28)36-26(30)34-20-22(8-4)16-10-6-2;;/h21-22H,5-20H2,1-4H3,(H5,27,29,31,33,35)(H5,28,30,32,34,36);2*1H/p-2. The lowest BCUT2D eigenvalue weighted by Crippen LogP contribution is -3.00. The third-order valence-corrected chi connectivity index (χ3v) is 6.27. The Labute approximate surface area is 244 Å². The fourth-order valence-corrected chi connectivity index (χ4v) is 3.69. The molecule has 0 saturated carbocycles. The lowest BCUT2D eigenvalue weighted by Gasteiger charge is -2.12. The number of nitrogens with two attached hydrogens (primary N) is 4. The summed E-state index contributed by atoms with van der Waals surface area (Å²) in [6, 6.07) is 0. The molecule has 0 spiro atoms. The van der Waals surface area contributed by atoms with Crippen LogP contribution in [0, 0.1) is 11.8 Å². The summed E-state index contributed by atoms with van der Waals surface area (Å²) in [7, 11) is 0. The van der Waals surface area contributed by atoms with Crippen LogP contribution in [0.15, 0.2) is 20.0 Å². The normalized spacial score (nSPS) is 14.3. The Kier molecular flexibility index (Phi) is 30.0. The van der Waals surface area contributed by atoms with E-state index in [1.165, 1.54) is 38.5 Å². The van der Waals surface area contributed by atoms with Crippen molar-refractivity contribution in [3.05, 3.63) is 0 Å². The first-order valence-electron chi connectivity index (χ1n) is 14.1. The minimum atomic E-state index is 0. The van der Waals surface area contributed by atoms with Gasteiger partial charge in [0.25, 0.3) is 0 Å². The minimum Gasteiger partial charge on any atom is -1.00 e. The molecule has 0 aliphatic heterocycles. The van der Waals surface area contributed by atoms with Crippen molar-refractivity contribution < 1.29 is 24.8 Å². The molecule has 0 saturated heterocycles. The summed E-state index contributed by atoms with van der Waals surface area (Å²) < 4.78 is 0. The first kappa shape index (κ1) is 40.6. The minimum absolute atomic E-state index is 0. The van der Waals surface area contributed by atoms with Crippen molar-refractivity contribution in [3.63, 3.8) is 0 Å². The van der Waals surface area contributed by atoms with Gasteiger partial charge in [-0.05, 0) is 37.5 Å². The van der Waals surface area contributed by atoms with E-state index < -0.39 is 0 Å². The molecule has 0 aliphatic rings. The maximum atomic E-state index is 5.93. The van der Waals surface area contributed by atoms with Crippen molar-refractivity contribution in [2.24, 2.45) is 54.7 Å². The summed E-state index contributed by atoms with van der Waals surface area (Å²) in [5.74, 6) is 2.44. The lowest BCUT2D eigenvalue weighted by molar-refractivity contribution is -0.001000. The fourth-order valence-electron chi connectivity index (χ4n) is 3.69. The van der Waals surface area contributed by atoms with Crippen molar-refractivity contribution in [2.75, 3.05) is 26.2 Å². The van der Waals surface area contributed by atoms with Gasteiger partial charge in [0.15, 0.2) is 23.8 Å². The van der Waals surface area contributed by atoms with Gasteiger partial charge in [-0.15, -0.1) is 0 Å². The number of guanidine groups is 4. The Morgan fingerprint density at radius 2 is 0.868 bits per heavy atom. The average Bonchev–Trinajstić information content (AvgIpc) is 2.85. The predicted octanol–water partition coefficient (Wildman–Crippen LogP) is -2.57. The second-order valence-electron chi connectivity index (χ2n) is 9.48. The molecule has 0 rings (SSSR count). The molecule has 0 aromatic rings. The van der Waals surface area contributed by atoms with Gasteiger partial charge in [-0.1, -0.05) is 79.1 Å². The molecule has 0 aromatic carbocycles. The van der Waals surface area contributed by atoms with Crippen LogP contribution in [0.3, 0.4) is 0 Å². The number of rotatable bonds is 19. The van der Waals surface area contributed by atoms with Gasteiger partial charge in [0.05, 0.1) is 0 Å². The van der Waals surface area contributed by atoms with Crippen molar-refractivity contribution in [2.45, 2.75) is 105 Å². The van der Waals surface area contributed by atoms with E-state index in [-0.39, 0.29) is 24.8 Å². The molecule has 0 bridgehead atoms. The first-order chi connectivity index (χ1) is 17.4. The molecule has 0 aromatic heterocycles. The van der Waals surface area contributed by atoms with Crippen molar-refractivity contribution in [1.82, 2.24) is 10.6 Å². The molecular weight excluding hydrogens is 523 g/mol. The summed E-state index contributed by atoms with van der Waals surface area (Å²) in [5, 5.41) is 5.76. The zero-order valence-electron chi connectivity index (χ0n) is 24.3. The fraction of sp³-hybridized carbons (Fsp3) is 0.846. The summed E-state index contributed by atoms with van der Waals surface area (Å²) >= 11 is 0. The van der Waals surface area contributed by atoms with Crippen LogP contribution < -0.4 is 58.4 Å². The van der Waals surface area contributed by atoms with Crippen LogP contribution >= 0.6 is 0 Å². The number of hydrogen-bond acceptors (Lipinski definition) is 4. The van der Waals surface area contributed by atoms with E-state index in [9.17, 15) is 0 Å². The molecule has 38 heavy (non-hydrogen) atoms. The molecule has 12 heteroatoms. The zero-order valence-corrected chi connectivity index (χ0v) is 25.8. The van der Waals surface area contributed by atoms with Gasteiger partial charge in [0.2, 0.25) is 0 Å². The van der Waals surface area contributed by atoms with Crippen LogP contribution in [0.2, 0.25) is 0 Å². The molecule has 10 nitrogen and oxygen atoms in total. The highest BCUT2D eigenvalue weighted by atomic mass is 35.5. The molecule has 0 radical (unpaired) electrons. The molecule has 0 heterocycles. The largest absolute Gasteiger partial charge is 1.00 e. The van der Waals surface area contributed by atoms with E-state index in [2.05, 4.69) is 58.3 Å². The van der Waals surface area contributed by atoms with Gasteiger partial charge in [-0.25, -0.2) is 0 Å². The van der Waals surface area contributed by atoms with Gasteiger partial charge in [-0.2, -0.15) is 0 Å². The van der Waals surface area contributed by atoms with E-state index in [1.807, 2.05) is 0 Å². The van der Waals surface area contributed by atoms with Gasteiger partial charge < -0.3 is 47.7 Å². The average molecular weight is 580 g/mol. The monoisotopic (exact) mass is 578 g/mol. The third-order valence-electron chi connectivity index (χ3n) is 6.27. The van der Waals surface area contributed by atoms with E-state index in [0.29, 0.717) is 48.8 Å². The molecule has 2 atom stereocenters. The first-order valence-corrected chi connectivity index (χ1v) is 14.1. The second kappa shape index (κ2) is 28.1. The van der Waals surface area contributed by atoms with Gasteiger partial charge >= 0.3 is 0 Å². The van der Waals surface area contributed by atoms with Crippen molar-refractivity contribution in [1.29, 1.82) is 0 Å². The Hall–Kier alpha value is -1.94. The predicted molar refractivity (Wildman–Crippen MR) is 157 cm³/mol. The highest BCUT2D eigenvalue weighted by Crippen LogP contribution is 2.13. The van der Waals surface area contributed by atoms with E-state index in [4.69, 9.17) is 22.9 Å². The summed E-state index contributed by atoms with van der Waals surface area (Å²) in [5.41, 5.74) is 23.7. The number of hydrogen-bond donors (Lipinski definition) is 6. The number of aliphatic imine (C=N–C) groups is 4. The second-order valence-corrected chi connectivity index (χ2v) is 9.48. The van der Waals surface area contributed by atoms with Crippen LogP contribution in [0.4, 0.5) is 0 Å². The zero-order chi connectivity index (χ0) is 27.0. The number of nitrogens with one attached hydrogen (secondary N) is 2. The van der Waals surface area contributed by atoms with Crippen molar-refractivity contribution in [3.8, 4) is 0 Å². The highest BCUT2D eigenvalue weighted by Gasteiger charge is 2.06. The molecular formula is C26H56Cl2N10-2. The topological polar surface area (TPSA) is 178 Å². The van der Waals surface area contributed by atoms with Crippen LogP contribution in [0.5, 0.6) is 0 Å². The quantitative estimate of drug-likeness (QED) is 0.0556. The van der Waals surface area contributed by atoms with Crippen LogP contribution in [-0.2, 0) is 0 Å². The summed E-state index contributed by atoms with van der Waals surface area (Å²) in [4.78, 5) is 17.5. The molecule has 0 aliphatic carbocycles. The molecule has 0 amide bonds. The van der Waals surface area contributed by atoms with Gasteiger partial charge in [0.1, 0.15) is 0 Å². The van der Waals surface area contributed by atoms with E-state index in [0.717, 1.165) is 51.6 Å².